The fourth-order valence-corrected chi connectivity index (χ4v) is 4.78. The number of nitrogen functional groups attached to an aromatic ring is 1. The Morgan fingerprint density at radius 1 is 1.04 bits per heavy atom. The number of anilines is 1. The topological polar surface area (TPSA) is 127 Å². The van der Waals surface area contributed by atoms with Crippen LogP contribution < -0.4 is 5.73 Å². The van der Waals surface area contributed by atoms with E-state index in [0.29, 0.717) is 24.2 Å². The second-order valence-corrected chi connectivity index (χ2v) is 8.31. The summed E-state index contributed by atoms with van der Waals surface area (Å²) in [5.74, 6) is -0.225. The van der Waals surface area contributed by atoms with E-state index in [4.69, 9.17) is 5.73 Å². The van der Waals surface area contributed by atoms with Crippen molar-refractivity contribution in [3.05, 3.63) is 64.2 Å². The van der Waals surface area contributed by atoms with Gasteiger partial charge in [-0.3, -0.25) is 14.9 Å². The van der Waals surface area contributed by atoms with Gasteiger partial charge in [0.15, 0.2) is 4.90 Å². The minimum Gasteiger partial charge on any atom is -0.399 e. The van der Waals surface area contributed by atoms with Gasteiger partial charge in [0.1, 0.15) is 0 Å². The summed E-state index contributed by atoms with van der Waals surface area (Å²) in [5.41, 5.74) is 6.18. The molecule has 0 aromatic heterocycles. The van der Waals surface area contributed by atoms with Gasteiger partial charge >= 0.3 is 0 Å². The summed E-state index contributed by atoms with van der Waals surface area (Å²) in [7, 11) is -4.05. The standard InChI is InChI=1S/C18H20N4O5S/c19-15-6-3-5-14(13-15)18(23)20-9-4-10-21(12-11-20)28(26,27)17-8-2-1-7-16(17)22(24)25/h1-3,5-8,13H,4,9-12,19H2. The lowest BCUT2D eigenvalue weighted by molar-refractivity contribution is -0.387. The molecule has 10 heteroatoms. The van der Waals surface area contributed by atoms with Crippen LogP contribution in [0, 0.1) is 10.1 Å². The van der Waals surface area contributed by atoms with Crippen LogP contribution in [-0.2, 0) is 10.0 Å². The zero-order chi connectivity index (χ0) is 20.3. The average Bonchev–Trinajstić information content (AvgIpc) is 2.94. The third-order valence-electron chi connectivity index (χ3n) is 4.56. The largest absolute Gasteiger partial charge is 0.399 e. The molecule has 1 aliphatic rings. The highest BCUT2D eigenvalue weighted by atomic mass is 32.2. The number of hydrogen-bond donors (Lipinski definition) is 1. The number of para-hydroxylation sites is 1. The van der Waals surface area contributed by atoms with Crippen molar-refractivity contribution in [1.82, 2.24) is 9.21 Å². The third-order valence-corrected chi connectivity index (χ3v) is 6.50. The lowest BCUT2D eigenvalue weighted by Crippen LogP contribution is -2.37. The first-order chi connectivity index (χ1) is 13.3. The number of carbonyl (C=O) groups is 1. The molecule has 1 aliphatic heterocycles. The Labute approximate surface area is 162 Å². The van der Waals surface area contributed by atoms with Crippen LogP contribution >= 0.6 is 0 Å². The number of nitro benzene ring substituents is 1. The van der Waals surface area contributed by atoms with Crippen LogP contribution in [0.5, 0.6) is 0 Å². The number of nitro groups is 1. The summed E-state index contributed by atoms with van der Waals surface area (Å²) in [5, 5.41) is 11.2. The Morgan fingerprint density at radius 3 is 2.50 bits per heavy atom. The minimum absolute atomic E-state index is 0.0580. The molecule has 0 unspecified atom stereocenters. The zero-order valence-electron chi connectivity index (χ0n) is 15.0. The van der Waals surface area contributed by atoms with Crippen molar-refractivity contribution in [2.75, 3.05) is 31.9 Å². The molecule has 28 heavy (non-hydrogen) atoms. The number of rotatable bonds is 4. The molecule has 0 saturated carbocycles. The van der Waals surface area contributed by atoms with Crippen molar-refractivity contribution in [2.24, 2.45) is 0 Å². The Bertz CT molecular complexity index is 1010. The lowest BCUT2D eigenvalue weighted by atomic mass is 10.1. The molecule has 1 heterocycles. The maximum atomic E-state index is 13.0. The SMILES string of the molecule is Nc1cccc(C(=O)N2CCCN(S(=O)(=O)c3ccccc3[N+](=O)[O-])CC2)c1. The predicted molar refractivity (Wildman–Crippen MR) is 103 cm³/mol. The van der Waals surface area contributed by atoms with Crippen molar-refractivity contribution in [3.63, 3.8) is 0 Å². The van der Waals surface area contributed by atoms with E-state index in [1.54, 1.807) is 29.2 Å². The van der Waals surface area contributed by atoms with Crippen LogP contribution in [0.25, 0.3) is 0 Å². The minimum atomic E-state index is -4.05. The number of benzene rings is 2. The highest BCUT2D eigenvalue weighted by Crippen LogP contribution is 2.27. The summed E-state index contributed by atoms with van der Waals surface area (Å²) in [6, 6.07) is 11.9. The molecule has 2 N–H and O–H groups in total. The summed E-state index contributed by atoms with van der Waals surface area (Å²) in [6.07, 6.45) is 0.425. The van der Waals surface area contributed by atoms with Crippen LogP contribution in [0.15, 0.2) is 53.4 Å². The van der Waals surface area contributed by atoms with Crippen LogP contribution in [-0.4, -0.2) is 54.6 Å². The van der Waals surface area contributed by atoms with E-state index in [-0.39, 0.29) is 30.4 Å². The highest BCUT2D eigenvalue weighted by molar-refractivity contribution is 7.89. The van der Waals surface area contributed by atoms with E-state index >= 15 is 0 Å². The number of sulfonamides is 1. The lowest BCUT2D eigenvalue weighted by Gasteiger charge is -2.22. The normalized spacial score (nSPS) is 15.8. The number of carbonyl (C=O) groups excluding carboxylic acids is 1. The molecule has 0 spiro atoms. The summed E-state index contributed by atoms with van der Waals surface area (Å²) >= 11 is 0. The van der Waals surface area contributed by atoms with Crippen LogP contribution in [0.4, 0.5) is 11.4 Å². The van der Waals surface area contributed by atoms with Gasteiger partial charge in [0.25, 0.3) is 11.6 Å². The van der Waals surface area contributed by atoms with Gasteiger partial charge in [0.2, 0.25) is 10.0 Å². The van der Waals surface area contributed by atoms with Crippen LogP contribution in [0.3, 0.4) is 0 Å². The first-order valence-electron chi connectivity index (χ1n) is 8.69. The molecule has 2 aromatic carbocycles. The molecule has 1 saturated heterocycles. The van der Waals surface area contributed by atoms with E-state index in [1.807, 2.05) is 0 Å². The van der Waals surface area contributed by atoms with Crippen molar-refractivity contribution >= 4 is 27.3 Å². The highest BCUT2D eigenvalue weighted by Gasteiger charge is 2.33. The summed E-state index contributed by atoms with van der Waals surface area (Å²) < 4.78 is 27.1. The maximum Gasteiger partial charge on any atom is 0.289 e. The van der Waals surface area contributed by atoms with Gasteiger partial charge in [0, 0.05) is 43.5 Å². The van der Waals surface area contributed by atoms with Crippen LogP contribution in [0.1, 0.15) is 16.8 Å². The number of hydrogen-bond acceptors (Lipinski definition) is 6. The smallest absolute Gasteiger partial charge is 0.289 e. The van der Waals surface area contributed by atoms with Crippen LogP contribution in [0.2, 0.25) is 0 Å². The van der Waals surface area contributed by atoms with Gasteiger partial charge in [-0.1, -0.05) is 18.2 Å². The molecule has 0 atom stereocenters. The van der Waals surface area contributed by atoms with Crippen molar-refractivity contribution < 1.29 is 18.1 Å². The van der Waals surface area contributed by atoms with E-state index < -0.39 is 20.6 Å². The van der Waals surface area contributed by atoms with E-state index in [2.05, 4.69) is 0 Å². The summed E-state index contributed by atoms with van der Waals surface area (Å²) in [6.45, 7) is 0.807. The van der Waals surface area contributed by atoms with Crippen molar-refractivity contribution in [3.8, 4) is 0 Å². The molecule has 148 valence electrons. The fraction of sp³-hybridized carbons (Fsp3) is 0.278. The van der Waals surface area contributed by atoms with Crippen molar-refractivity contribution in [2.45, 2.75) is 11.3 Å². The zero-order valence-corrected chi connectivity index (χ0v) is 15.8. The molecule has 1 amide bonds. The van der Waals surface area contributed by atoms with Gasteiger partial charge in [-0.25, -0.2) is 8.42 Å². The van der Waals surface area contributed by atoms with Gasteiger partial charge in [-0.05, 0) is 30.7 Å². The number of nitrogens with zero attached hydrogens (tertiary/aromatic N) is 3. The second-order valence-electron chi connectivity index (χ2n) is 6.40. The average molecular weight is 404 g/mol. The molecular weight excluding hydrogens is 384 g/mol. The van der Waals surface area contributed by atoms with Gasteiger partial charge in [-0.2, -0.15) is 4.31 Å². The molecule has 0 bridgehead atoms. The Morgan fingerprint density at radius 2 is 1.79 bits per heavy atom. The van der Waals surface area contributed by atoms with Gasteiger partial charge < -0.3 is 10.6 Å². The molecular formula is C18H20N4O5S. The quantitative estimate of drug-likeness (QED) is 0.469. The molecule has 3 rings (SSSR count). The first-order valence-corrected chi connectivity index (χ1v) is 10.1. The van der Waals surface area contributed by atoms with E-state index in [9.17, 15) is 23.3 Å². The Balaban J connectivity index is 1.80. The molecule has 9 nitrogen and oxygen atoms in total. The number of amides is 1. The molecule has 2 aromatic rings. The maximum absolute atomic E-state index is 13.0. The first kappa shape index (κ1) is 19.8. The monoisotopic (exact) mass is 404 g/mol. The predicted octanol–water partition coefficient (Wildman–Crippen LogP) is 1.71. The summed E-state index contributed by atoms with van der Waals surface area (Å²) in [4.78, 5) is 24.4. The molecule has 0 radical (unpaired) electrons. The Kier molecular flexibility index (Phi) is 5.61. The molecule has 0 aliphatic carbocycles. The second kappa shape index (κ2) is 7.95. The van der Waals surface area contributed by atoms with E-state index in [0.717, 1.165) is 0 Å². The van der Waals surface area contributed by atoms with Gasteiger partial charge in [0.05, 0.1) is 4.92 Å². The third kappa shape index (κ3) is 3.97. The van der Waals surface area contributed by atoms with Crippen molar-refractivity contribution in [1.29, 1.82) is 0 Å². The Hall–Kier alpha value is -2.98. The molecule has 1 fully saturated rings. The number of nitrogens with two attached hydrogens (primary N) is 1. The van der Waals surface area contributed by atoms with Gasteiger partial charge in [-0.15, -0.1) is 0 Å². The fourth-order valence-electron chi connectivity index (χ4n) is 3.16. The van der Waals surface area contributed by atoms with E-state index in [1.165, 1.54) is 28.6 Å².